The summed E-state index contributed by atoms with van der Waals surface area (Å²) in [6, 6.07) is 0. The normalized spacial score (nSPS) is 10.5. The highest BCUT2D eigenvalue weighted by Gasteiger charge is 1.98. The van der Waals surface area contributed by atoms with Crippen molar-refractivity contribution in [2.24, 2.45) is 0 Å². The molecule has 0 fully saturated rings. The highest BCUT2D eigenvalue weighted by atomic mass is 16.5. The molecule has 0 heterocycles. The van der Waals surface area contributed by atoms with Crippen LogP contribution in [0.5, 0.6) is 0 Å². The summed E-state index contributed by atoms with van der Waals surface area (Å²) in [4.78, 5) is 21.5. The first-order valence-corrected chi connectivity index (χ1v) is 5.49. The number of carbonyl (C=O) groups is 2. The van der Waals surface area contributed by atoms with Crippen LogP contribution in [0.2, 0.25) is 0 Å². The summed E-state index contributed by atoms with van der Waals surface area (Å²) < 4.78 is 4.56. The molecule has 0 atom stereocenters. The van der Waals surface area contributed by atoms with Crippen LogP contribution in [0.4, 0.5) is 0 Å². The van der Waals surface area contributed by atoms with Gasteiger partial charge in [0.15, 0.2) is 12.4 Å². The molecule has 0 aromatic heterocycles. The minimum absolute atomic E-state index is 0.138. The van der Waals surface area contributed by atoms with E-state index < -0.39 is 5.97 Å². The molecule has 0 amide bonds. The first-order valence-electron chi connectivity index (χ1n) is 5.49. The highest BCUT2D eigenvalue weighted by molar-refractivity contribution is 5.91. The molecule has 0 aromatic carbocycles. The second-order valence-corrected chi connectivity index (χ2v) is 3.50. The van der Waals surface area contributed by atoms with Crippen LogP contribution in [-0.2, 0) is 14.3 Å². The standard InChI is InChI=1S/C12H20O3/c1-3-4-5-6-7-8-9-12(14)10-15-11(2)13/h8-9H,3-7,10H2,1-2H3/b9-8+. The molecule has 3 heteroatoms. The lowest BCUT2D eigenvalue weighted by Crippen LogP contribution is -2.08. The molecule has 86 valence electrons. The van der Waals surface area contributed by atoms with E-state index in [9.17, 15) is 9.59 Å². The van der Waals surface area contributed by atoms with E-state index in [0.29, 0.717) is 0 Å². The molecule has 0 saturated heterocycles. The van der Waals surface area contributed by atoms with Gasteiger partial charge in [-0.05, 0) is 18.9 Å². The predicted octanol–water partition coefficient (Wildman–Crippen LogP) is 2.65. The molecular formula is C12H20O3. The van der Waals surface area contributed by atoms with Gasteiger partial charge < -0.3 is 4.74 Å². The SMILES string of the molecule is CCCCCC/C=C/C(=O)COC(C)=O. The maximum absolute atomic E-state index is 11.1. The molecule has 0 rings (SSSR count). The van der Waals surface area contributed by atoms with Gasteiger partial charge in [0.05, 0.1) is 0 Å². The summed E-state index contributed by atoms with van der Waals surface area (Å²) in [5, 5.41) is 0. The van der Waals surface area contributed by atoms with Crippen molar-refractivity contribution in [2.45, 2.75) is 46.0 Å². The minimum Gasteiger partial charge on any atom is -0.457 e. The van der Waals surface area contributed by atoms with E-state index in [1.54, 1.807) is 0 Å². The molecule has 0 bridgehead atoms. The molecule has 0 aliphatic rings. The number of hydrogen-bond donors (Lipinski definition) is 0. The van der Waals surface area contributed by atoms with Gasteiger partial charge in [-0.15, -0.1) is 0 Å². The summed E-state index contributed by atoms with van der Waals surface area (Å²) in [6.07, 6.45) is 9.05. The van der Waals surface area contributed by atoms with Gasteiger partial charge >= 0.3 is 5.97 Å². The van der Waals surface area contributed by atoms with Crippen LogP contribution in [0, 0.1) is 0 Å². The Balaban J connectivity index is 3.42. The number of esters is 1. The zero-order valence-electron chi connectivity index (χ0n) is 9.62. The third-order valence-corrected chi connectivity index (χ3v) is 1.95. The van der Waals surface area contributed by atoms with Crippen molar-refractivity contribution in [3.8, 4) is 0 Å². The average Bonchev–Trinajstić information content (AvgIpc) is 2.20. The van der Waals surface area contributed by atoms with Crippen molar-refractivity contribution in [3.05, 3.63) is 12.2 Å². The Kier molecular flexibility index (Phi) is 8.73. The fourth-order valence-corrected chi connectivity index (χ4v) is 1.12. The maximum atomic E-state index is 11.1. The number of unbranched alkanes of at least 4 members (excludes halogenated alkanes) is 4. The van der Waals surface area contributed by atoms with Gasteiger partial charge in [-0.2, -0.15) is 0 Å². The van der Waals surface area contributed by atoms with Crippen molar-refractivity contribution < 1.29 is 14.3 Å². The number of ketones is 1. The highest BCUT2D eigenvalue weighted by Crippen LogP contribution is 2.02. The summed E-state index contributed by atoms with van der Waals surface area (Å²) in [5.74, 6) is -0.569. The van der Waals surface area contributed by atoms with E-state index in [4.69, 9.17) is 0 Å². The zero-order chi connectivity index (χ0) is 11.5. The van der Waals surface area contributed by atoms with Gasteiger partial charge in [0.1, 0.15) is 0 Å². The fourth-order valence-electron chi connectivity index (χ4n) is 1.12. The van der Waals surface area contributed by atoms with Crippen LogP contribution in [0.15, 0.2) is 12.2 Å². The van der Waals surface area contributed by atoms with Crippen LogP contribution < -0.4 is 0 Å². The van der Waals surface area contributed by atoms with Gasteiger partial charge in [-0.1, -0.05) is 32.3 Å². The van der Waals surface area contributed by atoms with E-state index >= 15 is 0 Å². The molecular weight excluding hydrogens is 192 g/mol. The zero-order valence-corrected chi connectivity index (χ0v) is 9.62. The van der Waals surface area contributed by atoms with Crippen LogP contribution in [0.3, 0.4) is 0 Å². The van der Waals surface area contributed by atoms with E-state index in [-0.39, 0.29) is 12.4 Å². The lowest BCUT2D eigenvalue weighted by molar-refractivity contribution is -0.144. The van der Waals surface area contributed by atoms with E-state index in [1.807, 2.05) is 6.08 Å². The molecule has 0 unspecified atom stereocenters. The molecule has 0 radical (unpaired) electrons. The van der Waals surface area contributed by atoms with Crippen LogP contribution in [0.25, 0.3) is 0 Å². The lowest BCUT2D eigenvalue weighted by Gasteiger charge is -1.96. The van der Waals surface area contributed by atoms with Gasteiger partial charge in [0.25, 0.3) is 0 Å². The quantitative estimate of drug-likeness (QED) is 0.353. The van der Waals surface area contributed by atoms with Crippen molar-refractivity contribution in [3.63, 3.8) is 0 Å². The topological polar surface area (TPSA) is 43.4 Å². The van der Waals surface area contributed by atoms with Gasteiger partial charge in [-0.25, -0.2) is 0 Å². The smallest absolute Gasteiger partial charge is 0.303 e. The van der Waals surface area contributed by atoms with E-state index in [2.05, 4.69) is 11.7 Å². The minimum atomic E-state index is -0.417. The van der Waals surface area contributed by atoms with Crippen molar-refractivity contribution in [1.82, 2.24) is 0 Å². The average molecular weight is 212 g/mol. The number of allylic oxidation sites excluding steroid dienone is 1. The number of rotatable bonds is 8. The van der Waals surface area contributed by atoms with Crippen LogP contribution in [0.1, 0.15) is 46.0 Å². The first kappa shape index (κ1) is 13.9. The first-order chi connectivity index (χ1) is 7.16. The molecule has 0 aliphatic carbocycles. The summed E-state index contributed by atoms with van der Waals surface area (Å²) >= 11 is 0. The van der Waals surface area contributed by atoms with Gasteiger partial charge in [0.2, 0.25) is 0 Å². The lowest BCUT2D eigenvalue weighted by atomic mass is 10.1. The summed E-state index contributed by atoms with van der Waals surface area (Å²) in [7, 11) is 0. The van der Waals surface area contributed by atoms with E-state index in [0.717, 1.165) is 12.8 Å². The second-order valence-electron chi connectivity index (χ2n) is 3.50. The van der Waals surface area contributed by atoms with Crippen molar-refractivity contribution in [2.75, 3.05) is 6.61 Å². The van der Waals surface area contributed by atoms with Crippen LogP contribution in [-0.4, -0.2) is 18.4 Å². The third kappa shape index (κ3) is 10.8. The molecule has 15 heavy (non-hydrogen) atoms. The Morgan fingerprint density at radius 1 is 1.20 bits per heavy atom. The largest absolute Gasteiger partial charge is 0.457 e. The Hall–Kier alpha value is -1.12. The van der Waals surface area contributed by atoms with Gasteiger partial charge in [0, 0.05) is 6.92 Å². The molecule has 0 saturated carbocycles. The summed E-state index contributed by atoms with van der Waals surface area (Å²) in [5.41, 5.74) is 0. The van der Waals surface area contributed by atoms with Crippen molar-refractivity contribution in [1.29, 1.82) is 0 Å². The number of ether oxygens (including phenoxy) is 1. The van der Waals surface area contributed by atoms with Crippen LogP contribution >= 0.6 is 0 Å². The second kappa shape index (κ2) is 9.44. The Morgan fingerprint density at radius 3 is 2.53 bits per heavy atom. The van der Waals surface area contributed by atoms with Crippen molar-refractivity contribution >= 4 is 11.8 Å². The monoisotopic (exact) mass is 212 g/mol. The number of carbonyl (C=O) groups excluding carboxylic acids is 2. The molecule has 0 aromatic rings. The molecule has 0 aliphatic heterocycles. The Labute approximate surface area is 91.5 Å². The Morgan fingerprint density at radius 2 is 1.93 bits per heavy atom. The third-order valence-electron chi connectivity index (χ3n) is 1.95. The summed E-state index contributed by atoms with van der Waals surface area (Å²) in [6.45, 7) is 3.32. The maximum Gasteiger partial charge on any atom is 0.303 e. The molecule has 3 nitrogen and oxygen atoms in total. The predicted molar refractivity (Wildman–Crippen MR) is 59.5 cm³/mol. The number of hydrogen-bond acceptors (Lipinski definition) is 3. The Bertz CT molecular complexity index is 219. The fraction of sp³-hybridized carbons (Fsp3) is 0.667. The molecule has 0 spiro atoms. The van der Waals surface area contributed by atoms with E-state index in [1.165, 1.54) is 32.3 Å². The molecule has 0 N–H and O–H groups in total. The van der Waals surface area contributed by atoms with Gasteiger partial charge in [-0.3, -0.25) is 9.59 Å².